The zero-order valence-electron chi connectivity index (χ0n) is 7.98. The molecule has 0 aromatic carbocycles. The fraction of sp³-hybridized carbons (Fsp3) is 0.600. The van der Waals surface area contributed by atoms with Gasteiger partial charge in [0, 0.05) is 16.3 Å². The molecule has 1 N–H and O–H groups in total. The molecule has 0 fully saturated rings. The maximum Gasteiger partial charge on any atom is 0.0906 e. The van der Waals surface area contributed by atoms with Gasteiger partial charge < -0.3 is 5.32 Å². The van der Waals surface area contributed by atoms with Gasteiger partial charge in [-0.25, -0.2) is 0 Å². The highest BCUT2D eigenvalue weighted by Crippen LogP contribution is 2.16. The number of alkyl halides is 1. The van der Waals surface area contributed by atoms with E-state index in [-0.39, 0.29) is 6.67 Å². The summed E-state index contributed by atoms with van der Waals surface area (Å²) in [5.74, 6) is 0. The summed E-state index contributed by atoms with van der Waals surface area (Å²) in [6.45, 7) is 3.59. The molecule has 74 valence electrons. The van der Waals surface area contributed by atoms with Gasteiger partial charge in [0.15, 0.2) is 0 Å². The maximum atomic E-state index is 11.7. The van der Waals surface area contributed by atoms with Crippen LogP contribution in [0.1, 0.15) is 23.1 Å². The second-order valence-corrected chi connectivity index (χ2v) is 4.19. The van der Waals surface area contributed by atoms with Gasteiger partial charge >= 0.3 is 0 Å². The molecule has 1 aromatic rings. The molecule has 13 heavy (non-hydrogen) atoms. The van der Waals surface area contributed by atoms with Crippen LogP contribution in [0.15, 0.2) is 12.1 Å². The van der Waals surface area contributed by atoms with Crippen molar-refractivity contribution >= 4 is 11.3 Å². The van der Waals surface area contributed by atoms with Gasteiger partial charge in [-0.05, 0) is 31.5 Å². The molecular formula is C10H16FNS. The van der Waals surface area contributed by atoms with Crippen LogP contribution >= 0.6 is 11.3 Å². The first-order valence-corrected chi connectivity index (χ1v) is 5.52. The Balaban J connectivity index is 2.20. The van der Waals surface area contributed by atoms with Crippen molar-refractivity contribution in [2.45, 2.75) is 26.3 Å². The SMILES string of the molecule is CCc1ccc(CNCCCF)s1. The monoisotopic (exact) mass is 201 g/mol. The van der Waals surface area contributed by atoms with Crippen molar-refractivity contribution in [1.29, 1.82) is 0 Å². The number of aryl methyl sites for hydroxylation is 1. The first-order valence-electron chi connectivity index (χ1n) is 4.71. The Hall–Kier alpha value is -0.410. The molecule has 0 bridgehead atoms. The summed E-state index contributed by atoms with van der Waals surface area (Å²) < 4.78 is 11.7. The van der Waals surface area contributed by atoms with Crippen LogP contribution in [0.2, 0.25) is 0 Å². The average Bonchev–Trinajstić information content (AvgIpc) is 2.60. The molecule has 1 nitrogen and oxygen atoms in total. The van der Waals surface area contributed by atoms with E-state index in [1.54, 1.807) is 0 Å². The van der Waals surface area contributed by atoms with Crippen LogP contribution in [0, 0.1) is 0 Å². The van der Waals surface area contributed by atoms with E-state index in [9.17, 15) is 4.39 Å². The van der Waals surface area contributed by atoms with Gasteiger partial charge in [-0.1, -0.05) is 6.92 Å². The van der Waals surface area contributed by atoms with Crippen LogP contribution in [0.5, 0.6) is 0 Å². The van der Waals surface area contributed by atoms with Crippen LogP contribution < -0.4 is 5.32 Å². The molecule has 0 spiro atoms. The second-order valence-electron chi connectivity index (χ2n) is 2.94. The Morgan fingerprint density at radius 1 is 1.38 bits per heavy atom. The van der Waals surface area contributed by atoms with E-state index in [2.05, 4.69) is 24.4 Å². The Bertz CT molecular complexity index is 235. The van der Waals surface area contributed by atoms with Gasteiger partial charge in [0.2, 0.25) is 0 Å². The molecule has 0 unspecified atom stereocenters. The van der Waals surface area contributed by atoms with Crippen molar-refractivity contribution in [3.63, 3.8) is 0 Å². The normalized spacial score (nSPS) is 10.6. The summed E-state index contributed by atoms with van der Waals surface area (Å²) in [6, 6.07) is 4.31. The van der Waals surface area contributed by atoms with Crippen molar-refractivity contribution in [3.05, 3.63) is 21.9 Å². The fourth-order valence-corrected chi connectivity index (χ4v) is 2.04. The topological polar surface area (TPSA) is 12.0 Å². The first kappa shape index (κ1) is 10.7. The van der Waals surface area contributed by atoms with Crippen LogP contribution in [0.25, 0.3) is 0 Å². The third-order valence-corrected chi connectivity index (χ3v) is 3.08. The minimum Gasteiger partial charge on any atom is -0.312 e. The lowest BCUT2D eigenvalue weighted by molar-refractivity contribution is 0.459. The van der Waals surface area contributed by atoms with Crippen LogP contribution in [0.3, 0.4) is 0 Å². The minimum atomic E-state index is -0.225. The minimum absolute atomic E-state index is 0.225. The molecule has 3 heteroatoms. The molecule has 1 heterocycles. The van der Waals surface area contributed by atoms with Crippen molar-refractivity contribution < 1.29 is 4.39 Å². The molecule has 0 aliphatic heterocycles. The summed E-state index contributed by atoms with van der Waals surface area (Å²) in [5.41, 5.74) is 0. The predicted molar refractivity (Wildman–Crippen MR) is 56.0 cm³/mol. The molecule has 0 amide bonds. The van der Waals surface area contributed by atoms with Gasteiger partial charge in [0.25, 0.3) is 0 Å². The largest absolute Gasteiger partial charge is 0.312 e. The van der Waals surface area contributed by atoms with Gasteiger partial charge in [-0.3, -0.25) is 4.39 Å². The zero-order valence-corrected chi connectivity index (χ0v) is 8.79. The summed E-state index contributed by atoms with van der Waals surface area (Å²) in [4.78, 5) is 2.76. The lowest BCUT2D eigenvalue weighted by atomic mass is 10.3. The van der Waals surface area contributed by atoms with Crippen molar-refractivity contribution in [1.82, 2.24) is 5.32 Å². The lowest BCUT2D eigenvalue weighted by Gasteiger charge is -1.99. The van der Waals surface area contributed by atoms with Crippen LogP contribution in [-0.2, 0) is 13.0 Å². The number of rotatable bonds is 6. The van der Waals surface area contributed by atoms with Crippen molar-refractivity contribution in [3.8, 4) is 0 Å². The van der Waals surface area contributed by atoms with E-state index >= 15 is 0 Å². The molecule has 0 radical (unpaired) electrons. The number of thiophene rings is 1. The highest BCUT2D eigenvalue weighted by Gasteiger charge is 1.97. The Labute approximate surface area is 83.0 Å². The molecule has 0 saturated carbocycles. The highest BCUT2D eigenvalue weighted by atomic mass is 32.1. The molecule has 1 aromatic heterocycles. The number of hydrogen-bond acceptors (Lipinski definition) is 2. The van der Waals surface area contributed by atoms with E-state index in [4.69, 9.17) is 0 Å². The van der Waals surface area contributed by atoms with Crippen molar-refractivity contribution in [2.24, 2.45) is 0 Å². The van der Waals surface area contributed by atoms with Gasteiger partial charge in [-0.2, -0.15) is 0 Å². The lowest BCUT2D eigenvalue weighted by Crippen LogP contribution is -2.14. The third kappa shape index (κ3) is 3.87. The fourth-order valence-electron chi connectivity index (χ4n) is 1.11. The molecule has 0 atom stereocenters. The predicted octanol–water partition coefficient (Wildman–Crippen LogP) is 2.76. The van der Waals surface area contributed by atoms with Crippen molar-refractivity contribution in [2.75, 3.05) is 13.2 Å². The standard InChI is InChI=1S/C10H16FNS/c1-2-9-4-5-10(13-9)8-12-7-3-6-11/h4-5,12H,2-3,6-8H2,1H3. The molecule has 0 aliphatic carbocycles. The molecular weight excluding hydrogens is 185 g/mol. The third-order valence-electron chi connectivity index (χ3n) is 1.85. The summed E-state index contributed by atoms with van der Waals surface area (Å²) in [6.07, 6.45) is 1.72. The Morgan fingerprint density at radius 3 is 2.77 bits per heavy atom. The van der Waals surface area contributed by atoms with E-state index in [0.717, 1.165) is 19.5 Å². The quantitative estimate of drug-likeness (QED) is 0.698. The number of hydrogen-bond donors (Lipinski definition) is 1. The first-order chi connectivity index (χ1) is 6.36. The maximum absolute atomic E-state index is 11.7. The van der Waals surface area contributed by atoms with Crippen LogP contribution in [0.4, 0.5) is 4.39 Å². The second kappa shape index (κ2) is 6.11. The summed E-state index contributed by atoms with van der Waals surface area (Å²) in [5, 5.41) is 3.21. The van der Waals surface area contributed by atoms with E-state index in [1.165, 1.54) is 9.75 Å². The average molecular weight is 201 g/mol. The molecule has 1 rings (SSSR count). The Morgan fingerprint density at radius 2 is 2.15 bits per heavy atom. The smallest absolute Gasteiger partial charge is 0.0906 e. The van der Waals surface area contributed by atoms with Gasteiger partial charge in [-0.15, -0.1) is 11.3 Å². The van der Waals surface area contributed by atoms with Gasteiger partial charge in [0.1, 0.15) is 0 Å². The van der Waals surface area contributed by atoms with Crippen LogP contribution in [-0.4, -0.2) is 13.2 Å². The van der Waals surface area contributed by atoms with E-state index in [0.29, 0.717) is 6.42 Å². The number of halogens is 1. The number of nitrogens with one attached hydrogen (secondary N) is 1. The van der Waals surface area contributed by atoms with E-state index < -0.39 is 0 Å². The summed E-state index contributed by atoms with van der Waals surface area (Å²) >= 11 is 1.83. The molecule has 0 saturated heterocycles. The summed E-state index contributed by atoms with van der Waals surface area (Å²) in [7, 11) is 0. The van der Waals surface area contributed by atoms with E-state index in [1.807, 2.05) is 11.3 Å². The highest BCUT2D eigenvalue weighted by molar-refractivity contribution is 7.11. The van der Waals surface area contributed by atoms with Gasteiger partial charge in [0.05, 0.1) is 6.67 Å². The zero-order chi connectivity index (χ0) is 9.52. The molecule has 0 aliphatic rings. The Kier molecular flexibility index (Phi) is 5.01.